The molecule has 4 heterocycles. The molecule has 3 fully saturated rings. The molecule has 46 heavy (non-hydrogen) atoms. The summed E-state index contributed by atoms with van der Waals surface area (Å²) < 4.78 is 31.1. The molecule has 3 aromatic rings. The first-order valence-corrected chi connectivity index (χ1v) is 17.2. The van der Waals surface area contributed by atoms with Crippen molar-refractivity contribution in [2.24, 2.45) is 0 Å². The number of ether oxygens (including phenoxy) is 5. The summed E-state index contributed by atoms with van der Waals surface area (Å²) in [6.07, 6.45) is 9.44. The average molecular weight is 620 g/mol. The van der Waals surface area contributed by atoms with E-state index in [1.807, 2.05) is 18.2 Å². The molecule has 7 rings (SSSR count). The standard InChI is InChI=1S/C40H45NO5/c1-29-35-28-34(45-38-15-4-8-26-43-38)20-21-36(35)46-40(31-18-16-30(17-19-31)11-10-24-41-22-5-2-6-23-41)39(29)32-12-9-13-33(27-32)44-37-14-3-7-25-42-37/h9,12-13,16-21,27-28,37-38,40H,2-8,14-15,22-26H2,1H3. The molecule has 0 radical (unpaired) electrons. The monoisotopic (exact) mass is 619 g/mol. The van der Waals surface area contributed by atoms with Crippen LogP contribution in [0.2, 0.25) is 0 Å². The lowest BCUT2D eigenvalue weighted by Crippen LogP contribution is -2.29. The molecule has 4 aliphatic rings. The first-order chi connectivity index (χ1) is 22.7. The van der Waals surface area contributed by atoms with Crippen LogP contribution in [0.5, 0.6) is 17.2 Å². The molecule has 3 atom stereocenters. The highest BCUT2D eigenvalue weighted by Gasteiger charge is 2.30. The summed E-state index contributed by atoms with van der Waals surface area (Å²) in [7, 11) is 0. The zero-order chi connectivity index (χ0) is 31.1. The maximum absolute atomic E-state index is 6.84. The van der Waals surface area contributed by atoms with Gasteiger partial charge in [0.15, 0.2) is 12.6 Å². The minimum Gasteiger partial charge on any atom is -0.480 e. The Kier molecular flexibility index (Phi) is 9.91. The molecule has 0 saturated carbocycles. The van der Waals surface area contributed by atoms with E-state index in [1.165, 1.54) is 19.3 Å². The average Bonchev–Trinajstić information content (AvgIpc) is 3.10. The normalized spacial score (nSPS) is 23.5. The van der Waals surface area contributed by atoms with E-state index in [2.05, 4.69) is 72.2 Å². The van der Waals surface area contributed by atoms with Crippen LogP contribution in [0.4, 0.5) is 0 Å². The number of allylic oxidation sites excluding steroid dienone is 1. The molecule has 4 aliphatic heterocycles. The number of benzene rings is 3. The van der Waals surface area contributed by atoms with E-state index < -0.39 is 0 Å². The number of hydrogen-bond acceptors (Lipinski definition) is 6. The third kappa shape index (κ3) is 7.44. The van der Waals surface area contributed by atoms with Crippen molar-refractivity contribution >= 4 is 11.1 Å². The molecule has 0 N–H and O–H groups in total. The number of likely N-dealkylation sites (tertiary alicyclic amines) is 1. The lowest BCUT2D eigenvalue weighted by Gasteiger charge is -2.32. The predicted molar refractivity (Wildman–Crippen MR) is 181 cm³/mol. The van der Waals surface area contributed by atoms with Gasteiger partial charge in [0.2, 0.25) is 0 Å². The van der Waals surface area contributed by atoms with Gasteiger partial charge in [-0.3, -0.25) is 4.90 Å². The number of rotatable bonds is 7. The molecular formula is C40H45NO5. The summed E-state index contributed by atoms with van der Waals surface area (Å²) in [6, 6.07) is 23.0. The summed E-state index contributed by atoms with van der Waals surface area (Å²) in [6.45, 7) is 6.82. The molecule has 0 aliphatic carbocycles. The molecule has 0 amide bonds. The fraction of sp³-hybridized carbons (Fsp3) is 0.450. The van der Waals surface area contributed by atoms with Crippen molar-refractivity contribution in [2.75, 3.05) is 32.8 Å². The molecule has 3 aromatic carbocycles. The van der Waals surface area contributed by atoms with Crippen LogP contribution in [-0.2, 0) is 9.47 Å². The van der Waals surface area contributed by atoms with Gasteiger partial charge in [-0.05, 0) is 118 Å². The van der Waals surface area contributed by atoms with Crippen LogP contribution in [0.25, 0.3) is 11.1 Å². The minimum absolute atomic E-state index is 0.204. The van der Waals surface area contributed by atoms with Gasteiger partial charge in [0, 0.05) is 29.5 Å². The van der Waals surface area contributed by atoms with E-state index in [-0.39, 0.29) is 18.7 Å². The first kappa shape index (κ1) is 30.9. The lowest BCUT2D eigenvalue weighted by molar-refractivity contribution is -0.106. The topological polar surface area (TPSA) is 49.4 Å². The number of piperidine rings is 1. The summed E-state index contributed by atoms with van der Waals surface area (Å²) in [5.74, 6) is 9.21. The Morgan fingerprint density at radius 2 is 1.48 bits per heavy atom. The fourth-order valence-electron chi connectivity index (χ4n) is 6.87. The Balaban J connectivity index is 1.18. The Morgan fingerprint density at radius 1 is 0.761 bits per heavy atom. The van der Waals surface area contributed by atoms with Gasteiger partial charge < -0.3 is 23.7 Å². The highest BCUT2D eigenvalue weighted by Crippen LogP contribution is 2.48. The summed E-state index contributed by atoms with van der Waals surface area (Å²) >= 11 is 0. The van der Waals surface area contributed by atoms with E-state index in [0.29, 0.717) is 0 Å². The molecule has 0 bridgehead atoms. The predicted octanol–water partition coefficient (Wildman–Crippen LogP) is 8.40. The van der Waals surface area contributed by atoms with E-state index in [0.717, 1.165) is 122 Å². The van der Waals surface area contributed by atoms with Crippen molar-refractivity contribution in [1.29, 1.82) is 0 Å². The van der Waals surface area contributed by atoms with Crippen molar-refractivity contribution in [2.45, 2.75) is 83.4 Å². The molecule has 240 valence electrons. The fourth-order valence-corrected chi connectivity index (χ4v) is 6.87. The summed E-state index contributed by atoms with van der Waals surface area (Å²) in [5, 5.41) is 0. The van der Waals surface area contributed by atoms with Crippen LogP contribution in [0, 0.1) is 11.8 Å². The molecular weight excluding hydrogens is 574 g/mol. The van der Waals surface area contributed by atoms with Crippen LogP contribution >= 0.6 is 0 Å². The van der Waals surface area contributed by atoms with Crippen molar-refractivity contribution in [3.05, 3.63) is 89.0 Å². The minimum atomic E-state index is -0.294. The van der Waals surface area contributed by atoms with E-state index in [4.69, 9.17) is 23.7 Å². The summed E-state index contributed by atoms with van der Waals surface area (Å²) in [5.41, 5.74) is 6.46. The van der Waals surface area contributed by atoms with Gasteiger partial charge in [0.1, 0.15) is 23.4 Å². The molecule has 0 aromatic heterocycles. The van der Waals surface area contributed by atoms with Crippen molar-refractivity contribution in [3.63, 3.8) is 0 Å². The Hall–Kier alpha value is -3.76. The molecule has 6 heteroatoms. The number of hydrogen-bond donors (Lipinski definition) is 0. The van der Waals surface area contributed by atoms with Crippen molar-refractivity contribution < 1.29 is 23.7 Å². The maximum atomic E-state index is 6.84. The zero-order valence-corrected chi connectivity index (χ0v) is 27.0. The van der Waals surface area contributed by atoms with Gasteiger partial charge in [-0.25, -0.2) is 0 Å². The van der Waals surface area contributed by atoms with Gasteiger partial charge in [-0.1, -0.05) is 42.5 Å². The number of fused-ring (bicyclic) bond motifs is 1. The largest absolute Gasteiger partial charge is 0.480 e. The maximum Gasteiger partial charge on any atom is 0.199 e. The Bertz CT molecular complexity index is 1570. The van der Waals surface area contributed by atoms with E-state index >= 15 is 0 Å². The lowest BCUT2D eigenvalue weighted by atomic mass is 9.86. The van der Waals surface area contributed by atoms with Gasteiger partial charge in [-0.2, -0.15) is 0 Å². The second-order valence-corrected chi connectivity index (χ2v) is 12.8. The van der Waals surface area contributed by atoms with Crippen LogP contribution in [0.1, 0.15) is 93.1 Å². The van der Waals surface area contributed by atoms with Crippen molar-refractivity contribution in [3.8, 4) is 29.1 Å². The van der Waals surface area contributed by atoms with Gasteiger partial charge in [0.25, 0.3) is 0 Å². The Labute approximate surface area is 273 Å². The molecule has 0 spiro atoms. The van der Waals surface area contributed by atoms with Gasteiger partial charge in [-0.15, -0.1) is 0 Å². The SMILES string of the molecule is CC1=C(c2cccc(OC3CCCCO3)c2)C(c2ccc(C#CCN3CCCCC3)cc2)Oc2ccc(OC3CCCCO3)cc21. The zero-order valence-electron chi connectivity index (χ0n) is 27.0. The van der Waals surface area contributed by atoms with Crippen LogP contribution in [0.15, 0.2) is 66.7 Å². The molecule has 6 nitrogen and oxygen atoms in total. The van der Waals surface area contributed by atoms with Gasteiger partial charge >= 0.3 is 0 Å². The quantitative estimate of drug-likeness (QED) is 0.248. The van der Waals surface area contributed by atoms with Gasteiger partial charge in [0.05, 0.1) is 19.8 Å². The van der Waals surface area contributed by atoms with Crippen LogP contribution in [-0.4, -0.2) is 50.3 Å². The van der Waals surface area contributed by atoms with E-state index in [9.17, 15) is 0 Å². The van der Waals surface area contributed by atoms with E-state index in [1.54, 1.807) is 0 Å². The molecule has 3 unspecified atom stereocenters. The number of nitrogens with zero attached hydrogens (tertiary/aromatic N) is 1. The second kappa shape index (κ2) is 14.8. The smallest absolute Gasteiger partial charge is 0.199 e. The summed E-state index contributed by atoms with van der Waals surface area (Å²) in [4.78, 5) is 2.45. The van der Waals surface area contributed by atoms with Crippen molar-refractivity contribution in [1.82, 2.24) is 4.90 Å². The third-order valence-corrected chi connectivity index (χ3v) is 9.42. The highest BCUT2D eigenvalue weighted by atomic mass is 16.7. The highest BCUT2D eigenvalue weighted by molar-refractivity contribution is 5.96. The third-order valence-electron chi connectivity index (χ3n) is 9.42. The molecule has 3 saturated heterocycles. The van der Waals surface area contributed by atoms with Crippen LogP contribution < -0.4 is 14.2 Å². The Morgan fingerprint density at radius 3 is 2.17 bits per heavy atom. The first-order valence-electron chi connectivity index (χ1n) is 17.2. The second-order valence-electron chi connectivity index (χ2n) is 12.8. The van der Waals surface area contributed by atoms with Crippen LogP contribution in [0.3, 0.4) is 0 Å².